The fraction of sp³-hybridized carbons (Fsp3) is 0.312. The van der Waals surface area contributed by atoms with Crippen molar-refractivity contribution in [2.24, 2.45) is 5.92 Å². The number of carbonyl (C=O) groups excluding carboxylic acids is 2. The molecule has 1 aliphatic rings. The van der Waals surface area contributed by atoms with Crippen molar-refractivity contribution in [3.8, 4) is 0 Å². The highest BCUT2D eigenvalue weighted by molar-refractivity contribution is 5.93. The number of aromatic nitrogens is 1. The van der Waals surface area contributed by atoms with Gasteiger partial charge in [-0.3, -0.25) is 20.4 Å². The van der Waals surface area contributed by atoms with Crippen LogP contribution in [0.2, 0.25) is 0 Å². The molecule has 0 bridgehead atoms. The Bertz CT molecular complexity index is 764. The number of hydrogen-bond donors (Lipinski definition) is 3. The second-order valence-corrected chi connectivity index (χ2v) is 5.66. The maximum Gasteiger partial charge on any atom is 0.252 e. The molecule has 1 aromatic heterocycles. The van der Waals surface area contributed by atoms with Crippen molar-refractivity contribution in [1.29, 1.82) is 0 Å². The van der Waals surface area contributed by atoms with Crippen molar-refractivity contribution in [2.45, 2.75) is 19.1 Å². The van der Waals surface area contributed by atoms with Crippen LogP contribution in [0, 0.1) is 5.92 Å². The minimum Gasteiger partial charge on any atom is -0.382 e. The van der Waals surface area contributed by atoms with E-state index in [-0.39, 0.29) is 6.04 Å². The first kappa shape index (κ1) is 15.2. The lowest BCUT2D eigenvalue weighted by Crippen LogP contribution is -2.43. The molecule has 7 heteroatoms. The van der Waals surface area contributed by atoms with Gasteiger partial charge in [0.15, 0.2) is 0 Å². The maximum absolute atomic E-state index is 12.3. The number of nitrogens with zero attached hydrogens (tertiary/aromatic N) is 2. The number of pyridine rings is 1. The van der Waals surface area contributed by atoms with E-state index in [1.807, 2.05) is 30.3 Å². The van der Waals surface area contributed by atoms with E-state index in [1.54, 1.807) is 20.0 Å². The van der Waals surface area contributed by atoms with Crippen molar-refractivity contribution in [1.82, 2.24) is 15.3 Å². The van der Waals surface area contributed by atoms with Crippen LogP contribution in [0.5, 0.6) is 0 Å². The van der Waals surface area contributed by atoms with Crippen LogP contribution in [0.1, 0.15) is 6.92 Å². The predicted molar refractivity (Wildman–Crippen MR) is 85.2 cm³/mol. The number of amides is 2. The van der Waals surface area contributed by atoms with Gasteiger partial charge >= 0.3 is 0 Å². The molecule has 1 aliphatic heterocycles. The van der Waals surface area contributed by atoms with Crippen LogP contribution in [-0.2, 0) is 9.59 Å². The third-order valence-electron chi connectivity index (χ3n) is 4.29. The zero-order chi connectivity index (χ0) is 16.6. The summed E-state index contributed by atoms with van der Waals surface area (Å²) in [6, 6.07) is 10.9. The molecular weight excluding hydrogens is 296 g/mol. The Morgan fingerprint density at radius 1 is 1.26 bits per heavy atom. The van der Waals surface area contributed by atoms with Gasteiger partial charge in [-0.05, 0) is 25.1 Å². The zero-order valence-electron chi connectivity index (χ0n) is 12.9. The molecule has 3 rings (SSSR count). The molecule has 0 spiro atoms. The fourth-order valence-corrected chi connectivity index (χ4v) is 2.77. The van der Waals surface area contributed by atoms with Gasteiger partial charge in [-0.1, -0.05) is 18.2 Å². The lowest BCUT2D eigenvalue weighted by Gasteiger charge is -2.20. The number of hydrogen-bond acceptors (Lipinski definition) is 5. The molecule has 3 N–H and O–H groups in total. The average molecular weight is 314 g/mol. The van der Waals surface area contributed by atoms with Gasteiger partial charge in [0, 0.05) is 18.5 Å². The topological polar surface area (TPSA) is 94.6 Å². The first-order valence-corrected chi connectivity index (χ1v) is 7.35. The van der Waals surface area contributed by atoms with E-state index in [4.69, 9.17) is 0 Å². The molecule has 0 aliphatic carbocycles. The van der Waals surface area contributed by atoms with Gasteiger partial charge in [0.25, 0.3) is 5.91 Å². The maximum atomic E-state index is 12.3. The van der Waals surface area contributed by atoms with Crippen LogP contribution in [0.4, 0.5) is 5.82 Å². The van der Waals surface area contributed by atoms with Gasteiger partial charge in [0.2, 0.25) is 5.91 Å². The minimum atomic E-state index is -1.32. The van der Waals surface area contributed by atoms with Crippen LogP contribution in [0.3, 0.4) is 0 Å². The first-order chi connectivity index (χ1) is 11.0. The second-order valence-electron chi connectivity index (χ2n) is 5.66. The highest BCUT2D eigenvalue weighted by Gasteiger charge is 2.47. The second kappa shape index (κ2) is 5.85. The molecule has 120 valence electrons. The summed E-state index contributed by atoms with van der Waals surface area (Å²) >= 11 is 0. The molecule has 0 radical (unpaired) electrons. The molecule has 7 nitrogen and oxygen atoms in total. The molecule has 1 saturated heterocycles. The van der Waals surface area contributed by atoms with E-state index in [2.05, 4.69) is 15.8 Å². The summed E-state index contributed by atoms with van der Waals surface area (Å²) in [6.07, 6.45) is -1.32. The summed E-state index contributed by atoms with van der Waals surface area (Å²) in [5.74, 6) is -1.23. The minimum absolute atomic E-state index is 0.371. The number of carbonyl (C=O) groups is 2. The molecule has 2 amide bonds. The fourth-order valence-electron chi connectivity index (χ4n) is 2.77. The molecule has 0 saturated carbocycles. The number of aliphatic hydroxyl groups is 1. The molecular formula is C16H18N4O3. The molecule has 2 heterocycles. The monoisotopic (exact) mass is 314 g/mol. The third kappa shape index (κ3) is 2.70. The molecule has 23 heavy (non-hydrogen) atoms. The van der Waals surface area contributed by atoms with E-state index in [9.17, 15) is 14.7 Å². The summed E-state index contributed by atoms with van der Waals surface area (Å²) in [5, 5.41) is 10.9. The Morgan fingerprint density at radius 2 is 2.00 bits per heavy atom. The molecule has 1 fully saturated rings. The van der Waals surface area contributed by atoms with Gasteiger partial charge in [-0.25, -0.2) is 4.98 Å². The SMILES string of the molecule is C[C@@H]1[C@@H](C(=O)NNc2ccc3ccccc3n2)[C@@H](O)C(=O)N1C. The number of aliphatic hydroxyl groups excluding tert-OH is 1. The molecule has 0 unspecified atom stereocenters. The number of benzene rings is 1. The standard InChI is InChI=1S/C16H18N4O3/c1-9-13(14(21)16(23)20(9)2)15(22)19-18-12-8-7-10-5-3-4-6-11(10)17-12/h3-9,13-14,21H,1-2H3,(H,17,18)(H,19,22)/t9-,13-,14-/m1/s1. The Hall–Kier alpha value is -2.67. The van der Waals surface area contributed by atoms with Crippen molar-refractivity contribution < 1.29 is 14.7 Å². The normalized spacial score (nSPS) is 24.0. The highest BCUT2D eigenvalue weighted by Crippen LogP contribution is 2.24. The van der Waals surface area contributed by atoms with Crippen LogP contribution < -0.4 is 10.9 Å². The van der Waals surface area contributed by atoms with Gasteiger partial charge in [-0.2, -0.15) is 0 Å². The third-order valence-corrected chi connectivity index (χ3v) is 4.29. The Kier molecular flexibility index (Phi) is 3.87. The van der Waals surface area contributed by atoms with Crippen molar-refractivity contribution >= 4 is 28.5 Å². The lowest BCUT2D eigenvalue weighted by atomic mass is 9.99. The Morgan fingerprint density at radius 3 is 2.70 bits per heavy atom. The number of nitrogens with one attached hydrogen (secondary N) is 2. The number of likely N-dealkylation sites (tertiary alicyclic amines) is 1. The zero-order valence-corrected chi connectivity index (χ0v) is 12.9. The quantitative estimate of drug-likeness (QED) is 0.718. The smallest absolute Gasteiger partial charge is 0.252 e. The van der Waals surface area contributed by atoms with Gasteiger partial charge < -0.3 is 10.0 Å². The van der Waals surface area contributed by atoms with Gasteiger partial charge in [-0.15, -0.1) is 0 Å². The number of para-hydroxylation sites is 1. The predicted octanol–water partition coefficient (Wildman–Crippen LogP) is 0.515. The van der Waals surface area contributed by atoms with E-state index >= 15 is 0 Å². The molecule has 3 atom stereocenters. The number of rotatable bonds is 3. The highest BCUT2D eigenvalue weighted by atomic mass is 16.3. The first-order valence-electron chi connectivity index (χ1n) is 7.35. The summed E-state index contributed by atoms with van der Waals surface area (Å²) in [6.45, 7) is 1.73. The lowest BCUT2D eigenvalue weighted by molar-refractivity contribution is -0.137. The summed E-state index contributed by atoms with van der Waals surface area (Å²) < 4.78 is 0. The Balaban J connectivity index is 1.69. The molecule has 1 aromatic carbocycles. The number of hydrazine groups is 1. The summed E-state index contributed by atoms with van der Waals surface area (Å²) in [5.41, 5.74) is 6.05. The van der Waals surface area contributed by atoms with Crippen LogP contribution in [-0.4, -0.2) is 46.0 Å². The van der Waals surface area contributed by atoms with Gasteiger partial charge in [0.05, 0.1) is 11.4 Å². The van der Waals surface area contributed by atoms with E-state index in [1.165, 1.54) is 4.90 Å². The van der Waals surface area contributed by atoms with Gasteiger partial charge in [0.1, 0.15) is 11.9 Å². The van der Waals surface area contributed by atoms with Crippen LogP contribution >= 0.6 is 0 Å². The number of anilines is 1. The van der Waals surface area contributed by atoms with Crippen molar-refractivity contribution in [2.75, 3.05) is 12.5 Å². The van der Waals surface area contributed by atoms with E-state index < -0.39 is 23.8 Å². The average Bonchev–Trinajstić information content (AvgIpc) is 2.76. The summed E-state index contributed by atoms with van der Waals surface area (Å²) in [4.78, 5) is 29.7. The van der Waals surface area contributed by atoms with Crippen LogP contribution in [0.15, 0.2) is 36.4 Å². The summed E-state index contributed by atoms with van der Waals surface area (Å²) in [7, 11) is 1.57. The van der Waals surface area contributed by atoms with E-state index in [0.717, 1.165) is 10.9 Å². The van der Waals surface area contributed by atoms with Crippen molar-refractivity contribution in [3.05, 3.63) is 36.4 Å². The van der Waals surface area contributed by atoms with Crippen LogP contribution in [0.25, 0.3) is 10.9 Å². The molecule has 2 aromatic rings. The Labute approximate surface area is 133 Å². The largest absolute Gasteiger partial charge is 0.382 e. The van der Waals surface area contributed by atoms with Crippen molar-refractivity contribution in [3.63, 3.8) is 0 Å². The number of fused-ring (bicyclic) bond motifs is 1. The van der Waals surface area contributed by atoms with E-state index in [0.29, 0.717) is 5.82 Å². The number of likely N-dealkylation sites (N-methyl/N-ethyl adjacent to an activating group) is 1.